The number of fused-ring (bicyclic) bond motifs is 2. The number of hydrogen-bond donors (Lipinski definition) is 1. The van der Waals surface area contributed by atoms with E-state index in [1.807, 2.05) is 31.6 Å². The summed E-state index contributed by atoms with van der Waals surface area (Å²) >= 11 is 0. The van der Waals surface area contributed by atoms with Crippen molar-refractivity contribution in [2.45, 2.75) is 13.0 Å². The molecule has 0 aliphatic carbocycles. The minimum absolute atomic E-state index is 0.779. The third-order valence-electron chi connectivity index (χ3n) is 5.66. The highest BCUT2D eigenvalue weighted by Gasteiger charge is 2.14. The highest BCUT2D eigenvalue weighted by Crippen LogP contribution is 2.26. The van der Waals surface area contributed by atoms with E-state index in [0.29, 0.717) is 0 Å². The average Bonchev–Trinajstić information content (AvgIpc) is 3.19. The first-order valence-corrected chi connectivity index (χ1v) is 10.1. The number of anilines is 1. The van der Waals surface area contributed by atoms with E-state index in [1.54, 1.807) is 4.68 Å². The first kappa shape index (κ1) is 18.5. The summed E-state index contributed by atoms with van der Waals surface area (Å²) in [7, 11) is 4.03. The Morgan fingerprint density at radius 1 is 1.03 bits per heavy atom. The Morgan fingerprint density at radius 3 is 2.77 bits per heavy atom. The quantitative estimate of drug-likeness (QED) is 0.563. The van der Waals surface area contributed by atoms with E-state index in [2.05, 4.69) is 69.5 Å². The van der Waals surface area contributed by atoms with Crippen LogP contribution in [0.3, 0.4) is 0 Å². The van der Waals surface area contributed by atoms with E-state index in [-0.39, 0.29) is 0 Å². The molecule has 1 N–H and O–H groups in total. The van der Waals surface area contributed by atoms with Crippen molar-refractivity contribution in [3.63, 3.8) is 0 Å². The van der Waals surface area contributed by atoms with Gasteiger partial charge in [0.1, 0.15) is 11.5 Å². The second-order valence-corrected chi connectivity index (χ2v) is 7.98. The molecule has 5 rings (SSSR count). The summed E-state index contributed by atoms with van der Waals surface area (Å²) in [6.45, 7) is 6.35. The molecular formula is C24H24N6. The molecule has 0 bridgehead atoms. The first-order chi connectivity index (χ1) is 14.5. The second-order valence-electron chi connectivity index (χ2n) is 7.98. The number of aryl methyl sites for hydroxylation is 1. The van der Waals surface area contributed by atoms with Crippen molar-refractivity contribution in [1.29, 1.82) is 0 Å². The van der Waals surface area contributed by atoms with Gasteiger partial charge >= 0.3 is 0 Å². The summed E-state index contributed by atoms with van der Waals surface area (Å²) < 4.78 is 1.71. The Balaban J connectivity index is 1.40. The maximum absolute atomic E-state index is 4.57. The van der Waals surface area contributed by atoms with Gasteiger partial charge in [0, 0.05) is 43.0 Å². The van der Waals surface area contributed by atoms with Gasteiger partial charge < -0.3 is 10.2 Å². The molecule has 6 nitrogen and oxygen atoms in total. The molecule has 0 fully saturated rings. The molecule has 0 unspecified atom stereocenters. The highest BCUT2D eigenvalue weighted by molar-refractivity contribution is 5.89. The van der Waals surface area contributed by atoms with Crippen LogP contribution in [-0.4, -0.2) is 38.5 Å². The van der Waals surface area contributed by atoms with Crippen molar-refractivity contribution in [2.75, 3.05) is 18.9 Å². The fourth-order valence-corrected chi connectivity index (χ4v) is 3.96. The van der Waals surface area contributed by atoms with Crippen molar-refractivity contribution in [3.05, 3.63) is 78.1 Å². The van der Waals surface area contributed by atoms with Gasteiger partial charge in [-0.1, -0.05) is 36.1 Å². The van der Waals surface area contributed by atoms with Crippen LogP contribution in [0.1, 0.15) is 16.7 Å². The van der Waals surface area contributed by atoms with Crippen LogP contribution < -0.4 is 5.32 Å². The molecule has 4 aromatic rings. The van der Waals surface area contributed by atoms with Crippen LogP contribution in [-0.2, 0) is 20.0 Å². The molecular weight excluding hydrogens is 372 g/mol. The molecule has 0 spiro atoms. The molecule has 30 heavy (non-hydrogen) atoms. The van der Waals surface area contributed by atoms with E-state index in [0.717, 1.165) is 58.6 Å². The number of aromatic nitrogens is 4. The maximum atomic E-state index is 4.57. The molecule has 1 aliphatic rings. The van der Waals surface area contributed by atoms with Crippen molar-refractivity contribution in [3.8, 4) is 11.3 Å². The van der Waals surface area contributed by atoms with Crippen LogP contribution in [0.25, 0.3) is 27.7 Å². The number of nitrogens with one attached hydrogen (secondary N) is 1. The van der Waals surface area contributed by atoms with Gasteiger partial charge in [-0.15, -0.1) is 5.10 Å². The van der Waals surface area contributed by atoms with Crippen molar-refractivity contribution < 1.29 is 0 Å². The van der Waals surface area contributed by atoms with E-state index in [1.165, 1.54) is 11.1 Å². The fraction of sp³-hybridized carbons (Fsp3) is 0.208. The smallest absolute Gasteiger partial charge is 0.130 e. The summed E-state index contributed by atoms with van der Waals surface area (Å²) in [4.78, 5) is 6.92. The maximum Gasteiger partial charge on any atom is 0.130 e. The SMILES string of the molecule is C=C(Nc1cc2cc(-c3cn(C)nn3)ccc2cn1)c1ccc2c(c1)CCN(C)C2. The molecule has 6 heteroatoms. The molecule has 0 radical (unpaired) electrons. The topological polar surface area (TPSA) is 58.9 Å². The molecule has 2 aromatic heterocycles. The Labute approximate surface area is 175 Å². The van der Waals surface area contributed by atoms with Crippen molar-refractivity contribution >= 4 is 22.3 Å². The minimum atomic E-state index is 0.779. The van der Waals surface area contributed by atoms with Gasteiger partial charge in [-0.05, 0) is 53.7 Å². The number of pyridine rings is 1. The monoisotopic (exact) mass is 396 g/mol. The summed E-state index contributed by atoms with van der Waals surface area (Å²) in [6, 6.07) is 14.9. The molecule has 2 aromatic carbocycles. The van der Waals surface area contributed by atoms with Crippen molar-refractivity contribution in [2.24, 2.45) is 7.05 Å². The van der Waals surface area contributed by atoms with Gasteiger partial charge in [-0.25, -0.2) is 4.98 Å². The van der Waals surface area contributed by atoms with Crippen LogP contribution in [0.2, 0.25) is 0 Å². The lowest BCUT2D eigenvalue weighted by Crippen LogP contribution is -2.26. The normalized spacial score (nSPS) is 13.9. The van der Waals surface area contributed by atoms with Gasteiger partial charge in [0.15, 0.2) is 0 Å². The molecule has 1 aliphatic heterocycles. The lowest BCUT2D eigenvalue weighted by Gasteiger charge is -2.25. The van der Waals surface area contributed by atoms with Crippen LogP contribution in [0, 0.1) is 0 Å². The standard InChI is InChI=1S/C24H24N6/c1-16(17-4-7-21-14-29(2)9-8-18(21)10-17)26-24-12-22-11-19(5-6-20(22)13-25-24)23-15-30(3)28-27-23/h4-7,10-13,15H,1,8-9,14H2,2-3H3,(H,25,26). The second kappa shape index (κ2) is 7.39. The van der Waals surface area contributed by atoms with Crippen LogP contribution >= 0.6 is 0 Å². The van der Waals surface area contributed by atoms with Gasteiger partial charge in [0.25, 0.3) is 0 Å². The van der Waals surface area contributed by atoms with E-state index in [4.69, 9.17) is 0 Å². The summed E-state index contributed by atoms with van der Waals surface area (Å²) in [5.41, 5.74) is 6.66. The lowest BCUT2D eigenvalue weighted by atomic mass is 9.97. The molecule has 0 amide bonds. The molecule has 3 heterocycles. The van der Waals surface area contributed by atoms with Crippen LogP contribution in [0.15, 0.2) is 61.4 Å². The highest BCUT2D eigenvalue weighted by atomic mass is 15.4. The zero-order chi connectivity index (χ0) is 20.7. The van der Waals surface area contributed by atoms with Gasteiger partial charge in [0.05, 0.1) is 6.20 Å². The first-order valence-electron chi connectivity index (χ1n) is 10.1. The predicted octanol–water partition coefficient (Wildman–Crippen LogP) is 4.10. The van der Waals surface area contributed by atoms with Crippen LogP contribution in [0.4, 0.5) is 5.82 Å². The van der Waals surface area contributed by atoms with E-state index >= 15 is 0 Å². The molecule has 150 valence electrons. The Hall–Kier alpha value is -3.51. The van der Waals surface area contributed by atoms with E-state index < -0.39 is 0 Å². The Morgan fingerprint density at radius 2 is 1.93 bits per heavy atom. The largest absolute Gasteiger partial charge is 0.340 e. The number of nitrogens with zero attached hydrogens (tertiary/aromatic N) is 5. The molecule has 0 saturated heterocycles. The molecule has 0 saturated carbocycles. The van der Waals surface area contributed by atoms with Gasteiger partial charge in [-0.2, -0.15) is 0 Å². The number of benzene rings is 2. The fourth-order valence-electron chi connectivity index (χ4n) is 3.96. The summed E-state index contributed by atoms with van der Waals surface area (Å²) in [6.07, 6.45) is 4.87. The van der Waals surface area contributed by atoms with Crippen molar-refractivity contribution in [1.82, 2.24) is 24.9 Å². The van der Waals surface area contributed by atoms with Gasteiger partial charge in [-0.3, -0.25) is 4.68 Å². The summed E-state index contributed by atoms with van der Waals surface area (Å²) in [5.74, 6) is 0.779. The number of hydrogen-bond acceptors (Lipinski definition) is 5. The minimum Gasteiger partial charge on any atom is -0.340 e. The third kappa shape index (κ3) is 3.57. The van der Waals surface area contributed by atoms with E-state index in [9.17, 15) is 0 Å². The average molecular weight is 396 g/mol. The third-order valence-corrected chi connectivity index (χ3v) is 5.66. The summed E-state index contributed by atoms with van der Waals surface area (Å²) in [5, 5.41) is 13.8. The Kier molecular flexibility index (Phi) is 4.56. The lowest BCUT2D eigenvalue weighted by molar-refractivity contribution is 0.313. The number of rotatable bonds is 4. The molecule has 0 atom stereocenters. The van der Waals surface area contributed by atoms with Gasteiger partial charge in [0.2, 0.25) is 0 Å². The Bertz CT molecular complexity index is 1260. The zero-order valence-corrected chi connectivity index (χ0v) is 17.3. The predicted molar refractivity (Wildman–Crippen MR) is 121 cm³/mol. The zero-order valence-electron chi connectivity index (χ0n) is 17.3. The van der Waals surface area contributed by atoms with Crippen LogP contribution in [0.5, 0.6) is 0 Å². The number of likely N-dealkylation sites (N-methyl/N-ethyl adjacent to an activating group) is 1.